The molecule has 0 amide bonds. The summed E-state index contributed by atoms with van der Waals surface area (Å²) in [4.78, 5) is 15.5. The minimum absolute atomic E-state index is 0.910. The number of para-hydroxylation sites is 1. The SMILES string of the molecule is c1ccc(-c2cc(-c3cccc(-c4ccc(-c5ccc6ccc7ccc(-c8ccccc8)nc7c6n5)c5ccccc45)c3)c3ccccc3n2)cc1. The summed E-state index contributed by atoms with van der Waals surface area (Å²) in [6.07, 6.45) is 0. The van der Waals surface area contributed by atoms with Gasteiger partial charge in [-0.15, -0.1) is 0 Å². The molecule has 0 saturated carbocycles. The zero-order valence-corrected chi connectivity index (χ0v) is 28.2. The lowest BCUT2D eigenvalue weighted by Crippen LogP contribution is -1.92. The highest BCUT2D eigenvalue weighted by Crippen LogP contribution is 2.39. The van der Waals surface area contributed by atoms with E-state index in [1.165, 1.54) is 16.5 Å². The van der Waals surface area contributed by atoms with E-state index in [0.29, 0.717) is 0 Å². The molecule has 0 N–H and O–H groups in total. The van der Waals surface area contributed by atoms with Crippen LogP contribution >= 0.6 is 0 Å². The van der Waals surface area contributed by atoms with Crippen molar-refractivity contribution in [1.82, 2.24) is 15.0 Å². The third kappa shape index (κ3) is 5.19. The molecule has 0 unspecified atom stereocenters. The molecule has 242 valence electrons. The van der Waals surface area contributed by atoms with Crippen molar-refractivity contribution in [2.24, 2.45) is 0 Å². The minimum atomic E-state index is 0.910. The van der Waals surface area contributed by atoms with Crippen molar-refractivity contribution in [2.75, 3.05) is 0 Å². The van der Waals surface area contributed by atoms with Gasteiger partial charge in [0.1, 0.15) is 0 Å². The Labute approximate surface area is 301 Å². The molecule has 0 aliphatic rings. The Hall–Kier alpha value is -6.97. The monoisotopic (exact) mass is 661 g/mol. The van der Waals surface area contributed by atoms with Crippen molar-refractivity contribution < 1.29 is 0 Å². The molecular formula is C49H31N3. The Morgan fingerprint density at radius 3 is 1.48 bits per heavy atom. The predicted molar refractivity (Wildman–Crippen MR) is 217 cm³/mol. The van der Waals surface area contributed by atoms with E-state index in [1.807, 2.05) is 12.1 Å². The summed E-state index contributed by atoms with van der Waals surface area (Å²) in [6, 6.07) is 66.2. The Morgan fingerprint density at radius 2 is 0.769 bits per heavy atom. The van der Waals surface area contributed by atoms with Crippen molar-refractivity contribution >= 4 is 43.5 Å². The van der Waals surface area contributed by atoms with Gasteiger partial charge in [0.25, 0.3) is 0 Å². The molecule has 3 nitrogen and oxygen atoms in total. The lowest BCUT2D eigenvalue weighted by atomic mass is 9.91. The van der Waals surface area contributed by atoms with Crippen LogP contribution in [0.3, 0.4) is 0 Å². The number of hydrogen-bond donors (Lipinski definition) is 0. The van der Waals surface area contributed by atoms with E-state index >= 15 is 0 Å². The van der Waals surface area contributed by atoms with Crippen molar-refractivity contribution in [3.05, 3.63) is 188 Å². The number of benzene rings is 7. The zero-order chi connectivity index (χ0) is 34.4. The summed E-state index contributed by atoms with van der Waals surface area (Å²) in [7, 11) is 0. The first kappa shape index (κ1) is 29.9. The van der Waals surface area contributed by atoms with Gasteiger partial charge in [-0.05, 0) is 63.4 Å². The van der Waals surface area contributed by atoms with Crippen LogP contribution in [0.5, 0.6) is 0 Å². The van der Waals surface area contributed by atoms with E-state index in [4.69, 9.17) is 15.0 Å². The molecule has 7 aromatic carbocycles. The second-order valence-electron chi connectivity index (χ2n) is 13.2. The Morgan fingerprint density at radius 1 is 0.269 bits per heavy atom. The van der Waals surface area contributed by atoms with Crippen LogP contribution in [-0.2, 0) is 0 Å². The Bertz CT molecular complexity index is 2950. The molecule has 10 rings (SSSR count). The molecule has 3 heteroatoms. The van der Waals surface area contributed by atoms with Crippen LogP contribution in [0.2, 0.25) is 0 Å². The lowest BCUT2D eigenvalue weighted by molar-refractivity contribution is 1.37. The highest BCUT2D eigenvalue weighted by molar-refractivity contribution is 6.08. The van der Waals surface area contributed by atoms with Crippen LogP contribution in [0.4, 0.5) is 0 Å². The van der Waals surface area contributed by atoms with Crippen molar-refractivity contribution in [3.63, 3.8) is 0 Å². The second kappa shape index (κ2) is 12.4. The molecule has 0 fully saturated rings. The maximum atomic E-state index is 5.31. The molecule has 0 bridgehead atoms. The third-order valence-electron chi connectivity index (χ3n) is 10.1. The van der Waals surface area contributed by atoms with Gasteiger partial charge in [-0.2, -0.15) is 0 Å². The number of hydrogen-bond acceptors (Lipinski definition) is 3. The van der Waals surface area contributed by atoms with E-state index < -0.39 is 0 Å². The van der Waals surface area contributed by atoms with Crippen LogP contribution in [0.15, 0.2) is 188 Å². The Balaban J connectivity index is 1.10. The molecular weight excluding hydrogens is 631 g/mol. The van der Waals surface area contributed by atoms with Gasteiger partial charge in [0.05, 0.1) is 33.6 Å². The number of rotatable bonds is 5. The van der Waals surface area contributed by atoms with Gasteiger partial charge in [-0.25, -0.2) is 15.0 Å². The fourth-order valence-corrected chi connectivity index (χ4v) is 7.49. The van der Waals surface area contributed by atoms with Crippen molar-refractivity contribution in [2.45, 2.75) is 0 Å². The number of fused-ring (bicyclic) bond motifs is 5. The Kier molecular flexibility index (Phi) is 7.14. The molecule has 0 radical (unpaired) electrons. The van der Waals surface area contributed by atoms with E-state index in [9.17, 15) is 0 Å². The van der Waals surface area contributed by atoms with E-state index in [0.717, 1.165) is 83.0 Å². The van der Waals surface area contributed by atoms with Gasteiger partial charge in [0.15, 0.2) is 0 Å². The van der Waals surface area contributed by atoms with Gasteiger partial charge in [0.2, 0.25) is 0 Å². The van der Waals surface area contributed by atoms with Crippen LogP contribution in [0.25, 0.3) is 99.5 Å². The second-order valence-corrected chi connectivity index (χ2v) is 13.2. The van der Waals surface area contributed by atoms with Gasteiger partial charge < -0.3 is 0 Å². The smallest absolute Gasteiger partial charge is 0.0972 e. The maximum Gasteiger partial charge on any atom is 0.0972 e. The molecule has 10 aromatic rings. The summed E-state index contributed by atoms with van der Waals surface area (Å²) in [5.41, 5.74) is 13.6. The molecule has 0 spiro atoms. The maximum absolute atomic E-state index is 5.31. The summed E-state index contributed by atoms with van der Waals surface area (Å²) >= 11 is 0. The predicted octanol–water partition coefficient (Wildman–Crippen LogP) is 12.8. The van der Waals surface area contributed by atoms with E-state index in [-0.39, 0.29) is 0 Å². The summed E-state index contributed by atoms with van der Waals surface area (Å²) in [6.45, 7) is 0. The van der Waals surface area contributed by atoms with Crippen LogP contribution in [0, 0.1) is 0 Å². The van der Waals surface area contributed by atoms with Crippen molar-refractivity contribution in [1.29, 1.82) is 0 Å². The molecule has 3 aromatic heterocycles. The molecule has 0 aliphatic carbocycles. The third-order valence-corrected chi connectivity index (χ3v) is 10.1. The number of nitrogens with zero attached hydrogens (tertiary/aromatic N) is 3. The quantitative estimate of drug-likeness (QED) is 0.172. The van der Waals surface area contributed by atoms with Crippen LogP contribution < -0.4 is 0 Å². The highest BCUT2D eigenvalue weighted by Gasteiger charge is 2.15. The van der Waals surface area contributed by atoms with E-state index in [2.05, 4.69) is 176 Å². The standard InChI is InChI=1S/C49H31N3/c1-3-12-32(13-4-1)44-28-24-34-22-23-35-25-29-46(52-49(35)48(34)51-44)42-27-26-38(39-18-7-8-19-40(39)42)36-16-11-17-37(30-36)43-31-47(33-14-5-2-6-15-33)50-45-21-10-9-20-41(43)45/h1-31H. The average molecular weight is 662 g/mol. The fraction of sp³-hybridized carbons (Fsp3) is 0. The highest BCUT2D eigenvalue weighted by atomic mass is 14.8. The summed E-state index contributed by atoms with van der Waals surface area (Å²) in [5, 5.41) is 5.64. The lowest BCUT2D eigenvalue weighted by Gasteiger charge is -2.14. The molecule has 52 heavy (non-hydrogen) atoms. The molecule has 0 saturated heterocycles. The molecule has 0 aliphatic heterocycles. The largest absolute Gasteiger partial charge is 0.248 e. The van der Waals surface area contributed by atoms with Gasteiger partial charge in [-0.3, -0.25) is 0 Å². The first-order valence-corrected chi connectivity index (χ1v) is 17.6. The summed E-state index contributed by atoms with van der Waals surface area (Å²) < 4.78 is 0. The number of pyridine rings is 3. The molecule has 3 heterocycles. The first-order valence-electron chi connectivity index (χ1n) is 17.6. The number of aromatic nitrogens is 3. The van der Waals surface area contributed by atoms with E-state index in [1.54, 1.807) is 0 Å². The average Bonchev–Trinajstić information content (AvgIpc) is 3.23. The van der Waals surface area contributed by atoms with Crippen LogP contribution in [-0.4, -0.2) is 15.0 Å². The van der Waals surface area contributed by atoms with Gasteiger partial charge in [-0.1, -0.05) is 158 Å². The van der Waals surface area contributed by atoms with Gasteiger partial charge >= 0.3 is 0 Å². The van der Waals surface area contributed by atoms with Crippen LogP contribution in [0.1, 0.15) is 0 Å². The molecule has 0 atom stereocenters. The van der Waals surface area contributed by atoms with Crippen molar-refractivity contribution in [3.8, 4) is 56.0 Å². The normalized spacial score (nSPS) is 11.5. The van der Waals surface area contributed by atoms with Gasteiger partial charge in [0, 0.05) is 32.8 Å². The fourth-order valence-electron chi connectivity index (χ4n) is 7.49. The zero-order valence-electron chi connectivity index (χ0n) is 28.2. The topological polar surface area (TPSA) is 38.7 Å². The first-order chi connectivity index (χ1) is 25.8. The minimum Gasteiger partial charge on any atom is -0.248 e. The summed E-state index contributed by atoms with van der Waals surface area (Å²) in [5.74, 6) is 0.